The summed E-state index contributed by atoms with van der Waals surface area (Å²) in [6, 6.07) is 21.9. The van der Waals surface area contributed by atoms with Crippen LogP contribution in [0.25, 0.3) is 0 Å². The summed E-state index contributed by atoms with van der Waals surface area (Å²) in [5.74, 6) is 0. The van der Waals surface area contributed by atoms with E-state index in [9.17, 15) is 0 Å². The molecule has 2 aromatic rings. The summed E-state index contributed by atoms with van der Waals surface area (Å²) in [7, 11) is 1.50. The average Bonchev–Trinajstić information content (AvgIpc) is 2.70. The Morgan fingerprint density at radius 2 is 1.50 bits per heavy atom. The van der Waals surface area contributed by atoms with Crippen LogP contribution in [0.4, 0.5) is 0 Å². The zero-order valence-electron chi connectivity index (χ0n) is 16.3. The highest BCUT2D eigenvalue weighted by atomic mass is 31.1. The molecule has 1 atom stereocenters. The molecule has 2 heteroatoms. The van der Waals surface area contributed by atoms with Crippen LogP contribution >= 0.6 is 7.92 Å². The molecule has 0 N–H and O–H groups in total. The molecule has 1 nitrogen and oxygen atoms in total. The molecule has 0 saturated carbocycles. The summed E-state index contributed by atoms with van der Waals surface area (Å²) in [6.07, 6.45) is 13.5. The second kappa shape index (κ2) is 12.8. The van der Waals surface area contributed by atoms with Crippen LogP contribution in [0.2, 0.25) is 0 Å². The van der Waals surface area contributed by atoms with Gasteiger partial charge >= 0.3 is 0 Å². The van der Waals surface area contributed by atoms with E-state index in [2.05, 4.69) is 79.7 Å². The highest BCUT2D eigenvalue weighted by Gasteiger charge is 2.15. The number of benzene rings is 2. The third-order valence-electron chi connectivity index (χ3n) is 4.65. The van der Waals surface area contributed by atoms with E-state index in [0.29, 0.717) is 0 Å². The van der Waals surface area contributed by atoms with Crippen molar-refractivity contribution >= 4 is 18.5 Å². The lowest BCUT2D eigenvalue weighted by Gasteiger charge is -2.21. The predicted molar refractivity (Wildman–Crippen MR) is 117 cm³/mol. The molecule has 140 valence electrons. The number of ether oxygens (including phenoxy) is 1. The van der Waals surface area contributed by atoms with Crippen molar-refractivity contribution in [3.63, 3.8) is 0 Å². The molecule has 0 aliphatic carbocycles. The standard InChI is InChI=1S/C24H33OP/c1-3-4-5-6-7-10-15-22(25-2)20-21-26(23-16-11-8-12-17-23)24-18-13-9-14-19-24/h8-19,22H,3-7,20-21H2,1-2H3/b15-10+. The van der Waals surface area contributed by atoms with E-state index in [1.807, 2.05) is 7.11 Å². The fraction of sp³-hybridized carbons (Fsp3) is 0.417. The molecule has 26 heavy (non-hydrogen) atoms. The summed E-state index contributed by atoms with van der Waals surface area (Å²) >= 11 is 0. The van der Waals surface area contributed by atoms with Gasteiger partial charge < -0.3 is 4.74 Å². The van der Waals surface area contributed by atoms with Crippen LogP contribution in [0.1, 0.15) is 45.4 Å². The minimum Gasteiger partial charge on any atom is -0.377 e. The van der Waals surface area contributed by atoms with Gasteiger partial charge in [0.25, 0.3) is 0 Å². The molecule has 2 aromatic carbocycles. The highest BCUT2D eigenvalue weighted by molar-refractivity contribution is 7.73. The minimum absolute atomic E-state index is 0.221. The topological polar surface area (TPSA) is 9.23 Å². The first kappa shape index (κ1) is 20.9. The van der Waals surface area contributed by atoms with Crippen molar-refractivity contribution in [3.8, 4) is 0 Å². The summed E-state index contributed by atoms with van der Waals surface area (Å²) in [5.41, 5.74) is 0. The third-order valence-corrected chi connectivity index (χ3v) is 7.20. The smallest absolute Gasteiger partial charge is 0.0755 e. The Hall–Kier alpha value is -1.43. The molecule has 0 bridgehead atoms. The Balaban J connectivity index is 1.94. The zero-order valence-corrected chi connectivity index (χ0v) is 17.2. The van der Waals surface area contributed by atoms with Gasteiger partial charge in [0.15, 0.2) is 0 Å². The van der Waals surface area contributed by atoms with Gasteiger partial charge in [0, 0.05) is 7.11 Å². The van der Waals surface area contributed by atoms with E-state index < -0.39 is 0 Å². The summed E-state index contributed by atoms with van der Waals surface area (Å²) in [4.78, 5) is 0. The number of methoxy groups -OCH3 is 1. The molecule has 0 aromatic heterocycles. The maximum atomic E-state index is 5.72. The number of allylic oxidation sites excluding steroid dienone is 1. The third kappa shape index (κ3) is 7.44. The lowest BCUT2D eigenvalue weighted by Crippen LogP contribution is -2.17. The molecule has 0 radical (unpaired) electrons. The van der Waals surface area contributed by atoms with Gasteiger partial charge in [-0.05, 0) is 44.0 Å². The number of hydrogen-bond acceptors (Lipinski definition) is 1. The fourth-order valence-corrected chi connectivity index (χ4v) is 5.50. The Morgan fingerprint density at radius 3 is 2.04 bits per heavy atom. The first-order chi connectivity index (χ1) is 12.8. The SMILES string of the molecule is CCCCCC/C=C/C(CCP(c1ccccc1)c1ccccc1)OC. The second-order valence-electron chi connectivity index (χ2n) is 6.66. The van der Waals surface area contributed by atoms with Crippen LogP contribution in [0, 0.1) is 0 Å². The van der Waals surface area contributed by atoms with Gasteiger partial charge in [0.2, 0.25) is 0 Å². The molecule has 0 spiro atoms. The highest BCUT2D eigenvalue weighted by Crippen LogP contribution is 2.34. The van der Waals surface area contributed by atoms with Crippen LogP contribution in [0.15, 0.2) is 72.8 Å². The van der Waals surface area contributed by atoms with Gasteiger partial charge in [-0.25, -0.2) is 0 Å². The normalized spacial score (nSPS) is 12.7. The molecule has 0 amide bonds. The quantitative estimate of drug-likeness (QED) is 0.252. The maximum absolute atomic E-state index is 5.72. The first-order valence-corrected chi connectivity index (χ1v) is 11.4. The Labute approximate surface area is 161 Å². The van der Waals surface area contributed by atoms with Gasteiger partial charge in [-0.15, -0.1) is 0 Å². The number of rotatable bonds is 12. The van der Waals surface area contributed by atoms with E-state index in [4.69, 9.17) is 4.74 Å². The van der Waals surface area contributed by atoms with Crippen LogP contribution < -0.4 is 10.6 Å². The van der Waals surface area contributed by atoms with Crippen molar-refractivity contribution in [1.82, 2.24) is 0 Å². The summed E-state index contributed by atoms with van der Waals surface area (Å²) in [6.45, 7) is 2.26. The van der Waals surface area contributed by atoms with Crippen molar-refractivity contribution in [2.45, 2.75) is 51.6 Å². The van der Waals surface area contributed by atoms with Crippen LogP contribution in [-0.2, 0) is 4.74 Å². The van der Waals surface area contributed by atoms with Crippen molar-refractivity contribution in [1.29, 1.82) is 0 Å². The van der Waals surface area contributed by atoms with Crippen molar-refractivity contribution < 1.29 is 4.74 Å². The molecule has 0 aliphatic rings. The molecule has 2 rings (SSSR count). The maximum Gasteiger partial charge on any atom is 0.0755 e. The summed E-state index contributed by atoms with van der Waals surface area (Å²) < 4.78 is 5.72. The minimum atomic E-state index is -0.330. The first-order valence-electron chi connectivity index (χ1n) is 9.92. The van der Waals surface area contributed by atoms with E-state index in [-0.39, 0.29) is 14.0 Å². The molecule has 0 heterocycles. The van der Waals surface area contributed by atoms with Gasteiger partial charge in [-0.2, -0.15) is 0 Å². The van der Waals surface area contributed by atoms with Crippen LogP contribution in [0.3, 0.4) is 0 Å². The molecular formula is C24H33OP. The lowest BCUT2D eigenvalue weighted by molar-refractivity contribution is 0.138. The number of hydrogen-bond donors (Lipinski definition) is 0. The largest absolute Gasteiger partial charge is 0.377 e. The van der Waals surface area contributed by atoms with E-state index in [0.717, 1.165) is 12.6 Å². The van der Waals surface area contributed by atoms with E-state index in [1.54, 1.807) is 0 Å². The Morgan fingerprint density at radius 1 is 0.885 bits per heavy atom. The Bertz CT molecular complexity index is 569. The molecule has 0 fully saturated rings. The van der Waals surface area contributed by atoms with Crippen molar-refractivity contribution in [2.24, 2.45) is 0 Å². The fourth-order valence-electron chi connectivity index (χ4n) is 3.11. The van der Waals surface area contributed by atoms with Gasteiger partial charge in [0.1, 0.15) is 0 Å². The van der Waals surface area contributed by atoms with E-state index >= 15 is 0 Å². The van der Waals surface area contributed by atoms with Gasteiger partial charge in [0.05, 0.1) is 6.10 Å². The average molecular weight is 369 g/mol. The molecule has 0 aliphatic heterocycles. The van der Waals surface area contributed by atoms with Gasteiger partial charge in [-0.3, -0.25) is 0 Å². The van der Waals surface area contributed by atoms with E-state index in [1.165, 1.54) is 42.7 Å². The molecule has 0 saturated heterocycles. The lowest BCUT2D eigenvalue weighted by atomic mass is 10.1. The number of unbranched alkanes of at least 4 members (excludes halogenated alkanes) is 4. The van der Waals surface area contributed by atoms with Crippen LogP contribution in [-0.4, -0.2) is 19.4 Å². The van der Waals surface area contributed by atoms with Gasteiger partial charge in [-0.1, -0.05) is 99.0 Å². The summed E-state index contributed by atoms with van der Waals surface area (Å²) in [5, 5.41) is 2.90. The molecule has 1 unspecified atom stereocenters. The monoisotopic (exact) mass is 368 g/mol. The predicted octanol–water partition coefficient (Wildman–Crippen LogP) is 6.05. The second-order valence-corrected chi connectivity index (χ2v) is 9.00. The zero-order chi connectivity index (χ0) is 18.5. The van der Waals surface area contributed by atoms with Crippen LogP contribution in [0.5, 0.6) is 0 Å². The Kier molecular flexibility index (Phi) is 10.3. The van der Waals surface area contributed by atoms with Crippen molar-refractivity contribution in [3.05, 3.63) is 72.8 Å². The molecular weight excluding hydrogens is 335 g/mol. The van der Waals surface area contributed by atoms with Crippen molar-refractivity contribution in [2.75, 3.05) is 13.3 Å².